The van der Waals surface area contributed by atoms with Crippen molar-refractivity contribution in [1.29, 1.82) is 0 Å². The lowest BCUT2D eigenvalue weighted by Crippen LogP contribution is -2.31. The molecule has 1 aromatic heterocycles. The van der Waals surface area contributed by atoms with Crippen LogP contribution in [0.3, 0.4) is 0 Å². The molecule has 0 saturated heterocycles. The van der Waals surface area contributed by atoms with Crippen LogP contribution in [-0.4, -0.2) is 16.7 Å². The van der Waals surface area contributed by atoms with Crippen molar-refractivity contribution in [1.82, 2.24) is 10.3 Å². The topological polar surface area (TPSA) is 51.2 Å². The Morgan fingerprint density at radius 3 is 2.80 bits per heavy atom. The van der Waals surface area contributed by atoms with Gasteiger partial charge in [0.05, 0.1) is 6.54 Å². The number of ether oxygens (including phenoxy) is 1. The van der Waals surface area contributed by atoms with Gasteiger partial charge in [-0.3, -0.25) is 0 Å². The van der Waals surface area contributed by atoms with Crippen LogP contribution >= 0.6 is 22.9 Å². The summed E-state index contributed by atoms with van der Waals surface area (Å²) >= 11 is 6.98. The van der Waals surface area contributed by atoms with Crippen molar-refractivity contribution in [3.05, 3.63) is 15.5 Å². The fourth-order valence-electron chi connectivity index (χ4n) is 0.839. The first-order chi connectivity index (χ1) is 6.87. The second kappa shape index (κ2) is 4.81. The smallest absolute Gasteiger partial charge is 0.407 e. The fourth-order valence-corrected chi connectivity index (χ4v) is 1.76. The molecule has 0 bridgehead atoms. The summed E-state index contributed by atoms with van der Waals surface area (Å²) in [5.74, 6) is 0. The molecular weight excluding hydrogens is 236 g/mol. The Bertz CT molecular complexity index is 346. The van der Waals surface area contributed by atoms with E-state index in [1.54, 1.807) is 6.20 Å². The van der Waals surface area contributed by atoms with Gasteiger partial charge in [0.1, 0.15) is 5.60 Å². The van der Waals surface area contributed by atoms with Gasteiger partial charge in [0, 0.05) is 11.1 Å². The molecule has 0 aliphatic carbocycles. The molecule has 1 amide bonds. The summed E-state index contributed by atoms with van der Waals surface area (Å²) < 4.78 is 5.54. The quantitative estimate of drug-likeness (QED) is 0.876. The number of carbonyl (C=O) groups excluding carboxylic acids is 1. The van der Waals surface area contributed by atoms with Gasteiger partial charge < -0.3 is 10.1 Å². The summed E-state index contributed by atoms with van der Waals surface area (Å²) in [6.07, 6.45) is 1.19. The normalized spacial score (nSPS) is 11.2. The molecule has 6 heteroatoms. The van der Waals surface area contributed by atoms with Crippen molar-refractivity contribution in [3.63, 3.8) is 0 Å². The number of halogens is 1. The van der Waals surface area contributed by atoms with E-state index >= 15 is 0 Å². The Balaban J connectivity index is 2.35. The van der Waals surface area contributed by atoms with E-state index in [2.05, 4.69) is 10.3 Å². The van der Waals surface area contributed by atoms with Crippen molar-refractivity contribution in [3.8, 4) is 0 Å². The van der Waals surface area contributed by atoms with Crippen LogP contribution in [0, 0.1) is 0 Å². The minimum absolute atomic E-state index is 0.388. The number of alkyl carbamates (subject to hydrolysis) is 1. The lowest BCUT2D eigenvalue weighted by Gasteiger charge is -2.19. The summed E-state index contributed by atoms with van der Waals surface area (Å²) in [5.41, 5.74) is -0.477. The van der Waals surface area contributed by atoms with Crippen molar-refractivity contribution in [2.75, 3.05) is 0 Å². The second-order valence-electron chi connectivity index (χ2n) is 3.93. The molecule has 1 N–H and O–H groups in total. The summed E-state index contributed by atoms with van der Waals surface area (Å²) in [6.45, 7) is 5.84. The predicted octanol–water partition coefficient (Wildman–Crippen LogP) is 2.82. The van der Waals surface area contributed by atoms with Crippen LogP contribution in [0.4, 0.5) is 4.79 Å². The second-order valence-corrected chi connectivity index (χ2v) is 5.63. The predicted molar refractivity (Wildman–Crippen MR) is 60.2 cm³/mol. The summed E-state index contributed by atoms with van der Waals surface area (Å²) in [5, 5.41) is 2.62. The fraction of sp³-hybridized carbons (Fsp3) is 0.556. The molecule has 0 aliphatic heterocycles. The van der Waals surface area contributed by atoms with Gasteiger partial charge in [0.2, 0.25) is 0 Å². The first-order valence-corrected chi connectivity index (χ1v) is 5.63. The number of hydrogen-bond donors (Lipinski definition) is 1. The largest absolute Gasteiger partial charge is 0.444 e. The van der Waals surface area contributed by atoms with E-state index < -0.39 is 11.7 Å². The van der Waals surface area contributed by atoms with Crippen LogP contribution < -0.4 is 5.32 Å². The average Bonchev–Trinajstić information content (AvgIpc) is 2.45. The highest BCUT2D eigenvalue weighted by molar-refractivity contribution is 7.15. The third kappa shape index (κ3) is 4.99. The summed E-state index contributed by atoms with van der Waals surface area (Å²) in [7, 11) is 0. The average molecular weight is 249 g/mol. The van der Waals surface area contributed by atoms with Gasteiger partial charge in [-0.2, -0.15) is 0 Å². The van der Waals surface area contributed by atoms with E-state index in [-0.39, 0.29) is 0 Å². The van der Waals surface area contributed by atoms with Crippen LogP contribution in [0.25, 0.3) is 0 Å². The number of nitrogens with one attached hydrogen (secondary N) is 1. The third-order valence-electron chi connectivity index (χ3n) is 1.33. The van der Waals surface area contributed by atoms with Crippen molar-refractivity contribution in [2.24, 2.45) is 0 Å². The van der Waals surface area contributed by atoms with Gasteiger partial charge in [0.25, 0.3) is 0 Å². The van der Waals surface area contributed by atoms with Crippen LogP contribution in [0.5, 0.6) is 0 Å². The maximum Gasteiger partial charge on any atom is 0.407 e. The molecule has 0 saturated carbocycles. The Kier molecular flexibility index (Phi) is 3.93. The van der Waals surface area contributed by atoms with Gasteiger partial charge in [-0.15, -0.1) is 11.3 Å². The lowest BCUT2D eigenvalue weighted by atomic mass is 10.2. The van der Waals surface area contributed by atoms with E-state index in [1.165, 1.54) is 11.3 Å². The number of thiazole rings is 1. The molecule has 0 spiro atoms. The highest BCUT2D eigenvalue weighted by atomic mass is 35.5. The molecule has 0 atom stereocenters. The standard InChI is InChI=1S/C9H13ClN2O2S/c1-9(2,3)14-8(13)12-5-6-4-11-7(10)15-6/h4H,5H2,1-3H3,(H,12,13). The monoisotopic (exact) mass is 248 g/mol. The molecule has 0 fully saturated rings. The van der Waals surface area contributed by atoms with Crippen molar-refractivity contribution in [2.45, 2.75) is 32.9 Å². The number of hydrogen-bond acceptors (Lipinski definition) is 4. The van der Waals surface area contributed by atoms with E-state index in [0.717, 1.165) is 4.88 Å². The van der Waals surface area contributed by atoms with E-state index in [1.807, 2.05) is 20.8 Å². The van der Waals surface area contributed by atoms with Crippen molar-refractivity contribution < 1.29 is 9.53 Å². The molecular formula is C9H13ClN2O2S. The zero-order chi connectivity index (χ0) is 11.5. The zero-order valence-electron chi connectivity index (χ0n) is 8.83. The number of carbonyl (C=O) groups is 1. The molecule has 15 heavy (non-hydrogen) atoms. The van der Waals surface area contributed by atoms with Crippen LogP contribution in [0.2, 0.25) is 4.47 Å². The lowest BCUT2D eigenvalue weighted by molar-refractivity contribution is 0.0524. The molecule has 0 aliphatic rings. The highest BCUT2D eigenvalue weighted by Gasteiger charge is 2.15. The molecule has 0 unspecified atom stereocenters. The van der Waals surface area contributed by atoms with Gasteiger partial charge in [-0.1, -0.05) is 11.6 Å². The molecule has 84 valence electrons. The number of nitrogens with zero attached hydrogens (tertiary/aromatic N) is 1. The van der Waals surface area contributed by atoms with Gasteiger partial charge in [-0.05, 0) is 20.8 Å². The first kappa shape index (κ1) is 12.3. The van der Waals surface area contributed by atoms with Crippen LogP contribution in [-0.2, 0) is 11.3 Å². The Labute approximate surface area is 97.6 Å². The van der Waals surface area contributed by atoms with Crippen LogP contribution in [0.1, 0.15) is 25.6 Å². The molecule has 0 aromatic carbocycles. The minimum atomic E-state index is -0.477. The highest BCUT2D eigenvalue weighted by Crippen LogP contribution is 2.17. The Morgan fingerprint density at radius 1 is 1.67 bits per heavy atom. The maximum atomic E-state index is 11.3. The number of amides is 1. The third-order valence-corrected chi connectivity index (χ3v) is 2.45. The Hall–Kier alpha value is -0.810. The van der Waals surface area contributed by atoms with E-state index in [9.17, 15) is 4.79 Å². The van der Waals surface area contributed by atoms with Gasteiger partial charge in [0.15, 0.2) is 4.47 Å². The molecule has 4 nitrogen and oxygen atoms in total. The molecule has 1 aromatic rings. The van der Waals surface area contributed by atoms with E-state index in [4.69, 9.17) is 16.3 Å². The zero-order valence-corrected chi connectivity index (χ0v) is 10.4. The summed E-state index contributed by atoms with van der Waals surface area (Å²) in [6, 6.07) is 0. The minimum Gasteiger partial charge on any atom is -0.444 e. The number of aromatic nitrogens is 1. The van der Waals surface area contributed by atoms with Gasteiger partial charge >= 0.3 is 6.09 Å². The first-order valence-electron chi connectivity index (χ1n) is 4.44. The van der Waals surface area contributed by atoms with Crippen LogP contribution in [0.15, 0.2) is 6.20 Å². The SMILES string of the molecule is CC(C)(C)OC(=O)NCc1cnc(Cl)s1. The molecule has 1 rings (SSSR count). The Morgan fingerprint density at radius 2 is 2.33 bits per heavy atom. The molecule has 1 heterocycles. The van der Waals surface area contributed by atoms with Gasteiger partial charge in [-0.25, -0.2) is 9.78 Å². The number of rotatable bonds is 2. The van der Waals surface area contributed by atoms with E-state index in [0.29, 0.717) is 11.0 Å². The summed E-state index contributed by atoms with van der Waals surface area (Å²) in [4.78, 5) is 16.0. The molecule has 0 radical (unpaired) electrons. The maximum absolute atomic E-state index is 11.3. The van der Waals surface area contributed by atoms with Crippen molar-refractivity contribution >= 4 is 29.0 Å².